The van der Waals surface area contributed by atoms with Crippen molar-refractivity contribution < 1.29 is 0 Å². The van der Waals surface area contributed by atoms with Crippen LogP contribution in [0.5, 0.6) is 0 Å². The number of aromatic nitrogens is 1. The van der Waals surface area contributed by atoms with Gasteiger partial charge in [-0.1, -0.05) is 101 Å². The van der Waals surface area contributed by atoms with E-state index in [1.54, 1.807) is 0 Å². The van der Waals surface area contributed by atoms with Crippen LogP contribution in [-0.4, -0.2) is 11.3 Å². The molecule has 0 aliphatic carbocycles. The maximum atomic E-state index is 2.73. The molecule has 332 valence electrons. The standard InChI is InChI=1S/C64H57BN2S/c1-34-20-38(5)58(39(6)21-34)46-14-13-15-50(28-46)66-56-32-48(60-42(9)24-36(3)25-43(60)10)16-18-54(56)65-62-57(66)33-68-64(62)53-31-49(61-44(11)26-37(4)27-45(61)12)30-52-51-29-47(17-19-55(51)67(65)63(52)53)59-40(7)22-35(2)23-41(59)8/h13-33H,1-12H3. The minimum atomic E-state index is -0.0218. The van der Waals surface area contributed by atoms with Crippen molar-refractivity contribution in [1.82, 2.24) is 4.48 Å². The number of hydrogen-bond acceptors (Lipinski definition) is 2. The number of fused-ring (bicyclic) bond motifs is 7. The van der Waals surface area contributed by atoms with Gasteiger partial charge in [-0.3, -0.25) is 0 Å². The number of hydrogen-bond donors (Lipinski definition) is 0. The quantitative estimate of drug-likeness (QED) is 0.156. The maximum absolute atomic E-state index is 2.73. The van der Waals surface area contributed by atoms with Crippen LogP contribution in [0.15, 0.2) is 127 Å². The predicted molar refractivity (Wildman–Crippen MR) is 296 cm³/mol. The third-order valence-corrected chi connectivity index (χ3v) is 16.3. The highest BCUT2D eigenvalue weighted by molar-refractivity contribution is 7.17. The lowest BCUT2D eigenvalue weighted by Gasteiger charge is -2.38. The van der Waals surface area contributed by atoms with E-state index in [0.29, 0.717) is 0 Å². The minimum absolute atomic E-state index is 0.0218. The Hall–Kier alpha value is -6.88. The molecule has 4 heterocycles. The van der Waals surface area contributed by atoms with Gasteiger partial charge in [-0.05, 0) is 225 Å². The number of aryl methyl sites for hydroxylation is 12. The summed E-state index contributed by atoms with van der Waals surface area (Å²) >= 11 is 1.92. The Morgan fingerprint density at radius 1 is 0.412 bits per heavy atom. The topological polar surface area (TPSA) is 8.17 Å². The van der Waals surface area contributed by atoms with E-state index in [2.05, 4.69) is 219 Å². The predicted octanol–water partition coefficient (Wildman–Crippen LogP) is 16.6. The Bertz CT molecular complexity index is 3740. The van der Waals surface area contributed by atoms with Crippen LogP contribution in [0.1, 0.15) is 66.8 Å². The average Bonchev–Trinajstić information content (AvgIpc) is 3.84. The summed E-state index contributed by atoms with van der Waals surface area (Å²) in [4.78, 5) is 3.96. The maximum Gasteiger partial charge on any atom is 0.333 e. The first-order valence-electron chi connectivity index (χ1n) is 24.3. The van der Waals surface area contributed by atoms with Gasteiger partial charge >= 0.3 is 6.85 Å². The van der Waals surface area contributed by atoms with Gasteiger partial charge in [0.05, 0.1) is 5.69 Å². The summed E-state index contributed by atoms with van der Waals surface area (Å²) in [5, 5.41) is 5.09. The Kier molecular flexibility index (Phi) is 9.57. The summed E-state index contributed by atoms with van der Waals surface area (Å²) in [6.45, 7) is 27.0. The molecule has 8 aromatic carbocycles. The molecule has 2 aliphatic rings. The summed E-state index contributed by atoms with van der Waals surface area (Å²) in [5.41, 5.74) is 36.4. The van der Waals surface area contributed by atoms with Gasteiger partial charge in [-0.2, -0.15) is 0 Å². The van der Waals surface area contributed by atoms with E-state index in [9.17, 15) is 0 Å². The van der Waals surface area contributed by atoms with Crippen molar-refractivity contribution in [2.75, 3.05) is 4.90 Å². The molecule has 0 spiro atoms. The molecule has 2 nitrogen and oxygen atoms in total. The third-order valence-electron chi connectivity index (χ3n) is 15.3. The highest BCUT2D eigenvalue weighted by atomic mass is 32.1. The molecule has 0 fully saturated rings. The molecule has 2 aliphatic heterocycles. The largest absolute Gasteiger partial charge is 0.375 e. The van der Waals surface area contributed by atoms with Crippen LogP contribution < -0.4 is 15.8 Å². The van der Waals surface area contributed by atoms with Gasteiger partial charge in [-0.25, -0.2) is 0 Å². The molecule has 0 atom stereocenters. The zero-order valence-electron chi connectivity index (χ0n) is 41.5. The van der Waals surface area contributed by atoms with Gasteiger partial charge in [0.1, 0.15) is 0 Å². The highest BCUT2D eigenvalue weighted by Crippen LogP contribution is 2.51. The lowest BCUT2D eigenvalue weighted by molar-refractivity contribution is 1.26. The molecule has 0 saturated heterocycles. The van der Waals surface area contributed by atoms with Crippen LogP contribution in [0.2, 0.25) is 0 Å². The molecule has 2 aromatic heterocycles. The van der Waals surface area contributed by atoms with E-state index in [1.165, 1.54) is 172 Å². The van der Waals surface area contributed by atoms with Gasteiger partial charge in [0.25, 0.3) is 0 Å². The third kappa shape index (κ3) is 6.30. The summed E-state index contributed by atoms with van der Waals surface area (Å²) in [5.74, 6) is 0. The molecular formula is C64H57BN2S. The second kappa shape index (κ2) is 15.3. The van der Waals surface area contributed by atoms with Crippen molar-refractivity contribution in [3.8, 4) is 54.9 Å². The fourth-order valence-corrected chi connectivity index (χ4v) is 14.3. The van der Waals surface area contributed by atoms with Gasteiger partial charge < -0.3 is 9.38 Å². The van der Waals surface area contributed by atoms with Crippen LogP contribution in [-0.2, 0) is 0 Å². The van der Waals surface area contributed by atoms with Gasteiger partial charge in [0.2, 0.25) is 0 Å². The Morgan fingerprint density at radius 3 is 1.43 bits per heavy atom. The molecule has 0 radical (unpaired) electrons. The van der Waals surface area contributed by atoms with Crippen molar-refractivity contribution in [1.29, 1.82) is 0 Å². The fraction of sp³-hybridized carbons (Fsp3) is 0.188. The number of rotatable bonds is 5. The van der Waals surface area contributed by atoms with Crippen LogP contribution in [0, 0.1) is 83.1 Å². The van der Waals surface area contributed by atoms with E-state index < -0.39 is 0 Å². The average molecular weight is 897 g/mol. The van der Waals surface area contributed by atoms with E-state index in [4.69, 9.17) is 0 Å². The van der Waals surface area contributed by atoms with Crippen molar-refractivity contribution in [2.24, 2.45) is 0 Å². The van der Waals surface area contributed by atoms with Gasteiger partial charge in [0.15, 0.2) is 0 Å². The summed E-state index contributed by atoms with van der Waals surface area (Å²) in [6, 6.07) is 47.7. The van der Waals surface area contributed by atoms with Crippen LogP contribution in [0.3, 0.4) is 0 Å². The molecule has 0 N–H and O–H groups in total. The minimum Gasteiger partial charge on any atom is -0.375 e. The van der Waals surface area contributed by atoms with Crippen LogP contribution in [0.25, 0.3) is 76.8 Å². The van der Waals surface area contributed by atoms with E-state index in [1.807, 2.05) is 11.3 Å². The number of nitrogens with zero attached hydrogens (tertiary/aromatic N) is 2. The SMILES string of the molecule is Cc1cc(C)c(-c2cccc(N3c4cc(-c5c(C)cc(C)cc5C)ccc4B4c5c3csc5-c3cc(-c5c(C)cc(C)cc5C)cc5c6cc(-c7c(C)cc(C)cc7C)ccc6n4c35)c2)c(C)c1. The van der Waals surface area contributed by atoms with E-state index in [-0.39, 0.29) is 6.85 Å². The lowest BCUT2D eigenvalue weighted by Crippen LogP contribution is -2.55. The molecule has 68 heavy (non-hydrogen) atoms. The van der Waals surface area contributed by atoms with Gasteiger partial charge in [-0.15, -0.1) is 11.3 Å². The Balaban J connectivity index is 1.17. The Morgan fingerprint density at radius 2 is 0.882 bits per heavy atom. The number of anilines is 3. The molecule has 0 bridgehead atoms. The van der Waals surface area contributed by atoms with Gasteiger partial charge in [0, 0.05) is 49.0 Å². The van der Waals surface area contributed by atoms with Crippen molar-refractivity contribution in [2.45, 2.75) is 83.1 Å². The first-order chi connectivity index (χ1) is 32.6. The summed E-state index contributed by atoms with van der Waals surface area (Å²) in [6.07, 6.45) is 0. The van der Waals surface area contributed by atoms with E-state index in [0.717, 1.165) is 0 Å². The normalized spacial score (nSPS) is 12.6. The van der Waals surface area contributed by atoms with Crippen molar-refractivity contribution in [3.05, 3.63) is 193 Å². The first-order valence-corrected chi connectivity index (χ1v) is 25.1. The van der Waals surface area contributed by atoms with Crippen LogP contribution in [0.4, 0.5) is 17.1 Å². The smallest absolute Gasteiger partial charge is 0.333 e. The zero-order chi connectivity index (χ0) is 47.2. The zero-order valence-corrected chi connectivity index (χ0v) is 42.3. The van der Waals surface area contributed by atoms with Crippen molar-refractivity contribution in [3.63, 3.8) is 0 Å². The number of benzene rings is 8. The second-order valence-electron chi connectivity index (χ2n) is 20.5. The monoisotopic (exact) mass is 896 g/mol. The van der Waals surface area contributed by atoms with Crippen molar-refractivity contribution >= 4 is 68.0 Å². The van der Waals surface area contributed by atoms with E-state index >= 15 is 0 Å². The number of thiophene rings is 1. The molecule has 12 rings (SSSR count). The van der Waals surface area contributed by atoms with Crippen LogP contribution >= 0.6 is 11.3 Å². The fourth-order valence-electron chi connectivity index (χ4n) is 13.2. The molecule has 0 unspecified atom stereocenters. The molecular weight excluding hydrogens is 840 g/mol. The molecule has 0 amide bonds. The summed E-state index contributed by atoms with van der Waals surface area (Å²) in [7, 11) is 0. The molecule has 10 aromatic rings. The lowest BCUT2D eigenvalue weighted by atomic mass is 9.46. The first kappa shape index (κ1) is 42.5. The molecule has 0 saturated carbocycles. The summed E-state index contributed by atoms with van der Waals surface area (Å²) < 4.78 is 2.73. The second-order valence-corrected chi connectivity index (χ2v) is 21.4. The highest BCUT2D eigenvalue weighted by Gasteiger charge is 2.44. The Labute approximate surface area is 406 Å². The molecule has 4 heteroatoms.